The lowest BCUT2D eigenvalue weighted by molar-refractivity contribution is 0.123. The molecule has 0 saturated heterocycles. The first-order valence-corrected chi connectivity index (χ1v) is 6.97. The summed E-state index contributed by atoms with van der Waals surface area (Å²) in [6.45, 7) is 1.09. The van der Waals surface area contributed by atoms with E-state index in [2.05, 4.69) is 27.4 Å². The SMILES string of the molecule is Fc1cccc(COCCc2cccs2)c1Br. The van der Waals surface area contributed by atoms with Gasteiger partial charge in [-0.05, 0) is 39.0 Å². The number of benzene rings is 1. The molecular weight excluding hydrogens is 303 g/mol. The maximum absolute atomic E-state index is 13.2. The minimum Gasteiger partial charge on any atom is -0.376 e. The van der Waals surface area contributed by atoms with E-state index in [1.54, 1.807) is 17.4 Å². The van der Waals surface area contributed by atoms with Crippen LogP contribution in [0.2, 0.25) is 0 Å². The number of rotatable bonds is 5. The van der Waals surface area contributed by atoms with Gasteiger partial charge >= 0.3 is 0 Å². The van der Waals surface area contributed by atoms with E-state index in [0.29, 0.717) is 17.7 Å². The Hall–Kier alpha value is -0.710. The van der Waals surface area contributed by atoms with Crippen molar-refractivity contribution in [2.45, 2.75) is 13.0 Å². The molecule has 0 radical (unpaired) electrons. The Kier molecular flexibility index (Phi) is 4.71. The van der Waals surface area contributed by atoms with Crippen molar-refractivity contribution in [1.29, 1.82) is 0 Å². The molecule has 0 saturated carbocycles. The molecule has 1 heterocycles. The molecule has 0 atom stereocenters. The van der Waals surface area contributed by atoms with Crippen LogP contribution in [0.15, 0.2) is 40.2 Å². The van der Waals surface area contributed by atoms with E-state index >= 15 is 0 Å². The molecule has 0 amide bonds. The summed E-state index contributed by atoms with van der Waals surface area (Å²) >= 11 is 4.94. The van der Waals surface area contributed by atoms with Gasteiger partial charge in [-0.25, -0.2) is 4.39 Å². The first-order chi connectivity index (χ1) is 8.27. The second-order valence-electron chi connectivity index (χ2n) is 3.59. The fourth-order valence-electron chi connectivity index (χ4n) is 1.47. The van der Waals surface area contributed by atoms with Crippen molar-refractivity contribution in [3.8, 4) is 0 Å². The van der Waals surface area contributed by atoms with Crippen LogP contribution in [0.5, 0.6) is 0 Å². The van der Waals surface area contributed by atoms with Gasteiger partial charge in [-0.1, -0.05) is 18.2 Å². The predicted molar refractivity (Wildman–Crippen MR) is 71.8 cm³/mol. The zero-order valence-corrected chi connectivity index (χ0v) is 11.6. The van der Waals surface area contributed by atoms with Crippen LogP contribution in [0.4, 0.5) is 4.39 Å². The summed E-state index contributed by atoms with van der Waals surface area (Å²) in [5, 5.41) is 2.05. The van der Waals surface area contributed by atoms with Crippen molar-refractivity contribution in [3.63, 3.8) is 0 Å². The van der Waals surface area contributed by atoms with Gasteiger partial charge in [-0.2, -0.15) is 0 Å². The van der Waals surface area contributed by atoms with Crippen molar-refractivity contribution < 1.29 is 9.13 Å². The molecule has 1 nitrogen and oxygen atoms in total. The van der Waals surface area contributed by atoms with Crippen LogP contribution in [-0.4, -0.2) is 6.61 Å². The Morgan fingerprint density at radius 1 is 1.24 bits per heavy atom. The topological polar surface area (TPSA) is 9.23 Å². The third kappa shape index (κ3) is 3.63. The third-order valence-corrected chi connectivity index (χ3v) is 4.19. The van der Waals surface area contributed by atoms with Gasteiger partial charge < -0.3 is 4.74 Å². The molecule has 0 N–H and O–H groups in total. The quantitative estimate of drug-likeness (QED) is 0.743. The van der Waals surface area contributed by atoms with Crippen LogP contribution in [0.25, 0.3) is 0 Å². The fraction of sp³-hybridized carbons (Fsp3) is 0.231. The van der Waals surface area contributed by atoms with Gasteiger partial charge in [0.2, 0.25) is 0 Å². The summed E-state index contributed by atoms with van der Waals surface area (Å²) in [6.07, 6.45) is 0.907. The van der Waals surface area contributed by atoms with Crippen molar-refractivity contribution in [1.82, 2.24) is 0 Å². The third-order valence-electron chi connectivity index (χ3n) is 2.36. The number of thiophene rings is 1. The highest BCUT2D eigenvalue weighted by molar-refractivity contribution is 9.10. The lowest BCUT2D eigenvalue weighted by atomic mass is 10.2. The first-order valence-electron chi connectivity index (χ1n) is 5.30. The van der Waals surface area contributed by atoms with Crippen molar-refractivity contribution in [3.05, 3.63) is 56.4 Å². The van der Waals surface area contributed by atoms with Gasteiger partial charge in [0.15, 0.2) is 0 Å². The summed E-state index contributed by atoms with van der Waals surface area (Å²) in [6, 6.07) is 9.10. The minimum atomic E-state index is -0.246. The zero-order valence-electron chi connectivity index (χ0n) is 9.16. The Bertz CT molecular complexity index is 470. The van der Waals surface area contributed by atoms with E-state index in [-0.39, 0.29) is 5.82 Å². The van der Waals surface area contributed by atoms with Crippen molar-refractivity contribution in [2.24, 2.45) is 0 Å². The molecule has 4 heteroatoms. The van der Waals surface area contributed by atoms with Gasteiger partial charge in [0.05, 0.1) is 17.7 Å². The van der Waals surface area contributed by atoms with Crippen LogP contribution < -0.4 is 0 Å². The predicted octanol–water partition coefficient (Wildman–Crippen LogP) is 4.41. The molecule has 0 fully saturated rings. The average Bonchev–Trinajstić information content (AvgIpc) is 2.83. The van der Waals surface area contributed by atoms with E-state index < -0.39 is 0 Å². The van der Waals surface area contributed by atoms with Gasteiger partial charge in [0, 0.05) is 11.3 Å². The minimum absolute atomic E-state index is 0.246. The second-order valence-corrected chi connectivity index (χ2v) is 5.42. The Morgan fingerprint density at radius 2 is 2.12 bits per heavy atom. The molecule has 1 aromatic carbocycles. The molecule has 0 aliphatic rings. The molecule has 2 rings (SSSR count). The summed E-state index contributed by atoms with van der Waals surface area (Å²) in [5.41, 5.74) is 0.844. The summed E-state index contributed by atoms with van der Waals surface area (Å²) < 4.78 is 19.2. The summed E-state index contributed by atoms with van der Waals surface area (Å²) in [7, 11) is 0. The monoisotopic (exact) mass is 314 g/mol. The second kappa shape index (κ2) is 6.28. The number of ether oxygens (including phenoxy) is 1. The average molecular weight is 315 g/mol. The van der Waals surface area contributed by atoms with Gasteiger partial charge in [0.1, 0.15) is 5.82 Å². The zero-order chi connectivity index (χ0) is 12.1. The lowest BCUT2D eigenvalue weighted by Crippen LogP contribution is -1.99. The van der Waals surface area contributed by atoms with Gasteiger partial charge in [-0.3, -0.25) is 0 Å². The van der Waals surface area contributed by atoms with E-state index in [1.165, 1.54) is 10.9 Å². The molecule has 90 valence electrons. The molecule has 0 unspecified atom stereocenters. The van der Waals surface area contributed by atoms with E-state index in [4.69, 9.17) is 4.74 Å². The van der Waals surface area contributed by atoms with Gasteiger partial charge in [0.25, 0.3) is 0 Å². The summed E-state index contributed by atoms with van der Waals surface area (Å²) in [4.78, 5) is 1.31. The van der Waals surface area contributed by atoms with E-state index in [0.717, 1.165) is 12.0 Å². The molecule has 1 aromatic heterocycles. The fourth-order valence-corrected chi connectivity index (χ4v) is 2.54. The van der Waals surface area contributed by atoms with Crippen molar-refractivity contribution >= 4 is 27.3 Å². The number of hydrogen-bond donors (Lipinski definition) is 0. The lowest BCUT2D eigenvalue weighted by Gasteiger charge is -2.06. The molecule has 0 bridgehead atoms. The summed E-state index contributed by atoms with van der Waals surface area (Å²) in [5.74, 6) is -0.246. The smallest absolute Gasteiger partial charge is 0.137 e. The van der Waals surface area contributed by atoms with E-state index in [9.17, 15) is 4.39 Å². The van der Waals surface area contributed by atoms with Crippen LogP contribution >= 0.6 is 27.3 Å². The molecule has 2 aromatic rings. The Labute approximate surface area is 112 Å². The first kappa shape index (κ1) is 12.7. The van der Waals surface area contributed by atoms with Crippen LogP contribution in [0.3, 0.4) is 0 Å². The molecule has 0 aliphatic heterocycles. The molecule has 17 heavy (non-hydrogen) atoms. The highest BCUT2D eigenvalue weighted by Gasteiger charge is 2.04. The van der Waals surface area contributed by atoms with Gasteiger partial charge in [-0.15, -0.1) is 11.3 Å². The van der Waals surface area contributed by atoms with Crippen LogP contribution in [-0.2, 0) is 17.8 Å². The standard InChI is InChI=1S/C13H12BrFOS/c14-13-10(3-1-5-12(13)15)9-16-7-6-11-4-2-8-17-11/h1-5,8H,6-7,9H2. The number of halogens is 2. The van der Waals surface area contributed by atoms with Crippen LogP contribution in [0, 0.1) is 5.82 Å². The van der Waals surface area contributed by atoms with Crippen molar-refractivity contribution in [2.75, 3.05) is 6.61 Å². The highest BCUT2D eigenvalue weighted by Crippen LogP contribution is 2.21. The highest BCUT2D eigenvalue weighted by atomic mass is 79.9. The molecular formula is C13H12BrFOS. The maximum atomic E-state index is 13.2. The van der Waals surface area contributed by atoms with Crippen LogP contribution in [0.1, 0.15) is 10.4 Å². The Balaban J connectivity index is 1.80. The Morgan fingerprint density at radius 3 is 2.88 bits per heavy atom. The molecule has 0 aliphatic carbocycles. The maximum Gasteiger partial charge on any atom is 0.137 e. The molecule has 0 spiro atoms. The largest absolute Gasteiger partial charge is 0.376 e. The number of hydrogen-bond acceptors (Lipinski definition) is 2. The van der Waals surface area contributed by atoms with E-state index in [1.807, 2.05) is 12.1 Å². The normalized spacial score (nSPS) is 10.7.